The number of nitrogens with zero attached hydrogens (tertiary/aromatic N) is 2. The highest BCUT2D eigenvalue weighted by Crippen LogP contribution is 2.28. The standard InChI is InChI=1S/C16H19N3O2/c1-19-15(20)10-9-14(18-19)16(21)17-13-8-4-6-11-5-2-3-7-12(11)13/h4,6,8H,2-3,5,7,9-10H2,1H3,(H,17,21). The largest absolute Gasteiger partial charge is 0.321 e. The summed E-state index contributed by atoms with van der Waals surface area (Å²) >= 11 is 0. The second kappa shape index (κ2) is 5.68. The minimum Gasteiger partial charge on any atom is -0.321 e. The van der Waals surface area contributed by atoms with E-state index in [0.717, 1.165) is 24.9 Å². The first-order valence-electron chi connectivity index (χ1n) is 7.41. The van der Waals surface area contributed by atoms with Gasteiger partial charge in [-0.1, -0.05) is 12.1 Å². The first-order valence-corrected chi connectivity index (χ1v) is 7.41. The summed E-state index contributed by atoms with van der Waals surface area (Å²) in [7, 11) is 1.58. The Morgan fingerprint density at radius 1 is 1.19 bits per heavy atom. The molecule has 1 heterocycles. The molecule has 0 radical (unpaired) electrons. The molecule has 1 aromatic carbocycles. The van der Waals surface area contributed by atoms with Crippen LogP contribution in [0.4, 0.5) is 5.69 Å². The summed E-state index contributed by atoms with van der Waals surface area (Å²) in [6.07, 6.45) is 5.22. The molecule has 0 spiro atoms. The van der Waals surface area contributed by atoms with Gasteiger partial charge in [-0.15, -0.1) is 0 Å². The van der Waals surface area contributed by atoms with Crippen molar-refractivity contribution < 1.29 is 9.59 Å². The van der Waals surface area contributed by atoms with Gasteiger partial charge >= 0.3 is 0 Å². The zero-order chi connectivity index (χ0) is 14.8. The highest BCUT2D eigenvalue weighted by atomic mass is 16.2. The van der Waals surface area contributed by atoms with Crippen LogP contribution in [0.15, 0.2) is 23.3 Å². The third-order valence-corrected chi connectivity index (χ3v) is 4.11. The minimum atomic E-state index is -0.201. The smallest absolute Gasteiger partial charge is 0.271 e. The topological polar surface area (TPSA) is 61.8 Å². The van der Waals surface area contributed by atoms with E-state index in [1.54, 1.807) is 7.05 Å². The molecule has 110 valence electrons. The van der Waals surface area contributed by atoms with Crippen LogP contribution in [0.3, 0.4) is 0 Å². The fraction of sp³-hybridized carbons (Fsp3) is 0.438. The zero-order valence-electron chi connectivity index (χ0n) is 12.2. The van der Waals surface area contributed by atoms with Crippen LogP contribution in [0.1, 0.15) is 36.8 Å². The third kappa shape index (κ3) is 2.82. The number of carbonyl (C=O) groups is 2. The fourth-order valence-corrected chi connectivity index (χ4v) is 2.93. The lowest BCUT2D eigenvalue weighted by Crippen LogP contribution is -2.34. The van der Waals surface area contributed by atoms with E-state index in [0.29, 0.717) is 18.6 Å². The van der Waals surface area contributed by atoms with Crippen LogP contribution in [0.25, 0.3) is 0 Å². The summed E-state index contributed by atoms with van der Waals surface area (Å²) in [5, 5.41) is 8.28. The van der Waals surface area contributed by atoms with Gasteiger partial charge < -0.3 is 5.32 Å². The number of hydrazone groups is 1. The van der Waals surface area contributed by atoms with Crippen molar-refractivity contribution in [2.24, 2.45) is 5.10 Å². The number of anilines is 1. The molecule has 3 rings (SSSR count). The van der Waals surface area contributed by atoms with Crippen molar-refractivity contribution in [3.05, 3.63) is 29.3 Å². The third-order valence-electron chi connectivity index (χ3n) is 4.11. The average molecular weight is 285 g/mol. The van der Waals surface area contributed by atoms with Crippen molar-refractivity contribution in [3.63, 3.8) is 0 Å². The molecule has 1 aliphatic heterocycles. The highest BCUT2D eigenvalue weighted by molar-refractivity contribution is 6.43. The van der Waals surface area contributed by atoms with Gasteiger partial charge in [0.15, 0.2) is 0 Å². The van der Waals surface area contributed by atoms with E-state index in [1.807, 2.05) is 12.1 Å². The quantitative estimate of drug-likeness (QED) is 0.904. The number of rotatable bonds is 2. The molecule has 2 amide bonds. The predicted molar refractivity (Wildman–Crippen MR) is 81.2 cm³/mol. The van der Waals surface area contributed by atoms with Crippen LogP contribution in [-0.2, 0) is 22.4 Å². The Bertz CT molecular complexity index is 622. The maximum absolute atomic E-state index is 12.3. The first-order chi connectivity index (χ1) is 10.1. The Hall–Kier alpha value is -2.17. The summed E-state index contributed by atoms with van der Waals surface area (Å²) in [6, 6.07) is 6.06. The van der Waals surface area contributed by atoms with Gasteiger partial charge in [0.25, 0.3) is 5.91 Å². The lowest BCUT2D eigenvalue weighted by atomic mass is 9.90. The van der Waals surface area contributed by atoms with Crippen LogP contribution in [-0.4, -0.2) is 29.6 Å². The lowest BCUT2D eigenvalue weighted by molar-refractivity contribution is -0.130. The number of carbonyl (C=O) groups excluding carboxylic acids is 2. The second-order valence-electron chi connectivity index (χ2n) is 5.57. The average Bonchev–Trinajstić information content (AvgIpc) is 2.50. The van der Waals surface area contributed by atoms with Crippen LogP contribution in [0, 0.1) is 0 Å². The van der Waals surface area contributed by atoms with E-state index >= 15 is 0 Å². The summed E-state index contributed by atoms with van der Waals surface area (Å²) in [5.74, 6) is -0.253. The number of fused-ring (bicyclic) bond motifs is 1. The zero-order valence-corrected chi connectivity index (χ0v) is 12.2. The van der Waals surface area contributed by atoms with Crippen molar-refractivity contribution in [2.45, 2.75) is 38.5 Å². The number of amides is 2. The molecular formula is C16H19N3O2. The Morgan fingerprint density at radius 3 is 2.81 bits per heavy atom. The Kier molecular flexibility index (Phi) is 3.73. The van der Waals surface area contributed by atoms with Crippen molar-refractivity contribution in [1.29, 1.82) is 0 Å². The molecule has 5 nitrogen and oxygen atoms in total. The summed E-state index contributed by atoms with van der Waals surface area (Å²) < 4.78 is 0. The molecule has 5 heteroatoms. The molecule has 1 aromatic rings. The maximum Gasteiger partial charge on any atom is 0.271 e. The van der Waals surface area contributed by atoms with Gasteiger partial charge in [0, 0.05) is 25.6 Å². The molecular weight excluding hydrogens is 266 g/mol. The minimum absolute atomic E-state index is 0.0522. The molecule has 0 aromatic heterocycles. The van der Waals surface area contributed by atoms with Gasteiger partial charge in [-0.05, 0) is 42.9 Å². The van der Waals surface area contributed by atoms with Gasteiger partial charge in [0.1, 0.15) is 5.71 Å². The van der Waals surface area contributed by atoms with E-state index in [9.17, 15) is 9.59 Å². The molecule has 0 bridgehead atoms. The van der Waals surface area contributed by atoms with Crippen LogP contribution < -0.4 is 5.32 Å². The van der Waals surface area contributed by atoms with Crippen molar-refractivity contribution in [2.75, 3.05) is 12.4 Å². The molecule has 1 N–H and O–H groups in total. The van der Waals surface area contributed by atoms with Crippen molar-refractivity contribution in [1.82, 2.24) is 5.01 Å². The van der Waals surface area contributed by atoms with Gasteiger partial charge in [-0.25, -0.2) is 5.01 Å². The number of hydrogen-bond acceptors (Lipinski definition) is 3. The van der Waals surface area contributed by atoms with E-state index in [2.05, 4.69) is 16.5 Å². The van der Waals surface area contributed by atoms with E-state index in [1.165, 1.54) is 22.6 Å². The van der Waals surface area contributed by atoms with Crippen molar-refractivity contribution in [3.8, 4) is 0 Å². The normalized spacial score (nSPS) is 18.0. The monoisotopic (exact) mass is 285 g/mol. The Morgan fingerprint density at radius 2 is 2.00 bits per heavy atom. The van der Waals surface area contributed by atoms with Gasteiger partial charge in [-0.2, -0.15) is 5.10 Å². The van der Waals surface area contributed by atoms with Gasteiger partial charge in [-0.3, -0.25) is 9.59 Å². The molecule has 21 heavy (non-hydrogen) atoms. The van der Waals surface area contributed by atoms with Gasteiger partial charge in [0.2, 0.25) is 5.91 Å². The number of nitrogens with one attached hydrogen (secondary N) is 1. The predicted octanol–water partition coefficient (Wildman–Crippen LogP) is 2.11. The second-order valence-corrected chi connectivity index (χ2v) is 5.57. The van der Waals surface area contributed by atoms with Gasteiger partial charge in [0.05, 0.1) is 0 Å². The van der Waals surface area contributed by atoms with E-state index in [4.69, 9.17) is 0 Å². The number of hydrogen-bond donors (Lipinski definition) is 1. The molecule has 1 aliphatic carbocycles. The molecule has 0 saturated carbocycles. The molecule has 0 atom stereocenters. The Balaban J connectivity index is 1.79. The Labute approximate surface area is 124 Å². The van der Waals surface area contributed by atoms with Crippen LogP contribution in [0.2, 0.25) is 0 Å². The first kappa shape index (κ1) is 13.8. The summed E-state index contributed by atoms with van der Waals surface area (Å²) in [6.45, 7) is 0. The van der Waals surface area contributed by atoms with Crippen LogP contribution >= 0.6 is 0 Å². The highest BCUT2D eigenvalue weighted by Gasteiger charge is 2.23. The number of benzene rings is 1. The SMILES string of the molecule is CN1N=C(C(=O)Nc2cccc3c2CCCC3)CCC1=O. The van der Waals surface area contributed by atoms with Crippen LogP contribution in [0.5, 0.6) is 0 Å². The lowest BCUT2D eigenvalue weighted by Gasteiger charge is -2.21. The maximum atomic E-state index is 12.3. The summed E-state index contributed by atoms with van der Waals surface area (Å²) in [4.78, 5) is 23.7. The van der Waals surface area contributed by atoms with E-state index < -0.39 is 0 Å². The molecule has 0 saturated heterocycles. The fourth-order valence-electron chi connectivity index (χ4n) is 2.93. The van der Waals surface area contributed by atoms with Crippen molar-refractivity contribution >= 4 is 23.2 Å². The van der Waals surface area contributed by atoms with E-state index in [-0.39, 0.29) is 11.8 Å². The number of aryl methyl sites for hydroxylation is 1. The molecule has 0 fully saturated rings. The summed E-state index contributed by atoms with van der Waals surface area (Å²) in [5.41, 5.74) is 3.89. The molecule has 2 aliphatic rings. The molecule has 0 unspecified atom stereocenters.